The molecule has 0 heterocycles. The average molecular weight is 258 g/mol. The molecule has 17 heavy (non-hydrogen) atoms. The summed E-state index contributed by atoms with van der Waals surface area (Å²) in [4.78, 5) is 11.6. The van der Waals surface area contributed by atoms with Crippen molar-refractivity contribution in [3.05, 3.63) is 23.8 Å². The number of nitrogens with one attached hydrogen (secondary N) is 1. The lowest BCUT2D eigenvalue weighted by Gasteiger charge is -2.06. The lowest BCUT2D eigenvalue weighted by molar-refractivity contribution is 0.0956. The highest BCUT2D eigenvalue weighted by Gasteiger charge is 2.08. The van der Waals surface area contributed by atoms with Crippen LogP contribution in [0.3, 0.4) is 0 Å². The number of carbonyl (C=O) groups is 1. The number of anilines is 2. The molecule has 1 rings (SSSR count). The first-order valence-electron chi connectivity index (χ1n) is 4.72. The Balaban J connectivity index is 2.64. The maximum atomic E-state index is 11.6. The molecule has 8 heteroatoms. The van der Waals surface area contributed by atoms with Crippen LogP contribution in [0.2, 0.25) is 0 Å². The fourth-order valence-electron chi connectivity index (χ4n) is 1.22. The number of primary sulfonamides is 1. The molecule has 0 saturated carbocycles. The van der Waals surface area contributed by atoms with Crippen molar-refractivity contribution in [1.29, 1.82) is 0 Å². The highest BCUT2D eigenvalue weighted by Crippen LogP contribution is 2.13. The largest absolute Gasteiger partial charge is 0.399 e. The van der Waals surface area contributed by atoms with Crippen LogP contribution in [0.1, 0.15) is 10.4 Å². The Kier molecular flexibility index (Phi) is 3.92. The standard InChI is InChI=1S/C9H14N4O3S/c10-7-3-6(4-8(11)5-7)9(14)13-1-2-17(12,15)16/h3-5H,1-2,10-11H2,(H,13,14)(H2,12,15,16). The number of sulfonamides is 1. The van der Waals surface area contributed by atoms with Crippen molar-refractivity contribution in [3.8, 4) is 0 Å². The zero-order valence-corrected chi connectivity index (χ0v) is 9.83. The van der Waals surface area contributed by atoms with Crippen LogP contribution in [0.25, 0.3) is 0 Å². The molecule has 0 aliphatic carbocycles. The van der Waals surface area contributed by atoms with E-state index >= 15 is 0 Å². The molecule has 1 aromatic carbocycles. The van der Waals surface area contributed by atoms with Gasteiger partial charge in [0.15, 0.2) is 0 Å². The molecular formula is C9H14N4O3S. The Bertz CT molecular complexity index is 507. The number of nitrogen functional groups attached to an aromatic ring is 2. The van der Waals surface area contributed by atoms with Crippen LogP contribution in [0.15, 0.2) is 18.2 Å². The molecule has 0 aliphatic heterocycles. The molecule has 0 fully saturated rings. The first-order valence-corrected chi connectivity index (χ1v) is 6.44. The van der Waals surface area contributed by atoms with Gasteiger partial charge in [0.1, 0.15) is 0 Å². The summed E-state index contributed by atoms with van der Waals surface area (Å²) in [6.07, 6.45) is 0. The van der Waals surface area contributed by atoms with Crippen LogP contribution >= 0.6 is 0 Å². The van der Waals surface area contributed by atoms with Gasteiger partial charge >= 0.3 is 0 Å². The first kappa shape index (κ1) is 13.3. The van der Waals surface area contributed by atoms with Gasteiger partial charge in [0.05, 0.1) is 5.75 Å². The molecule has 1 amide bonds. The molecule has 7 nitrogen and oxygen atoms in total. The predicted octanol–water partition coefficient (Wildman–Crippen LogP) is -1.13. The van der Waals surface area contributed by atoms with Crippen molar-refractivity contribution >= 4 is 27.3 Å². The maximum absolute atomic E-state index is 11.6. The van der Waals surface area contributed by atoms with Crippen LogP contribution in [-0.4, -0.2) is 26.6 Å². The van der Waals surface area contributed by atoms with Crippen molar-refractivity contribution in [3.63, 3.8) is 0 Å². The average Bonchev–Trinajstić information content (AvgIpc) is 2.13. The second-order valence-corrected chi connectivity index (χ2v) is 5.25. The lowest BCUT2D eigenvalue weighted by atomic mass is 10.1. The molecule has 0 aromatic heterocycles. The smallest absolute Gasteiger partial charge is 0.251 e. The molecule has 0 atom stereocenters. The number of hydrogen-bond donors (Lipinski definition) is 4. The normalized spacial score (nSPS) is 11.1. The quantitative estimate of drug-likeness (QED) is 0.505. The minimum absolute atomic E-state index is 0.0631. The second-order valence-electron chi connectivity index (χ2n) is 3.51. The molecule has 94 valence electrons. The number of nitrogens with two attached hydrogens (primary N) is 3. The summed E-state index contributed by atoms with van der Waals surface area (Å²) < 4.78 is 21.3. The molecule has 0 spiro atoms. The van der Waals surface area contributed by atoms with Gasteiger partial charge < -0.3 is 16.8 Å². The van der Waals surface area contributed by atoms with Gasteiger partial charge in [0, 0.05) is 23.5 Å². The zero-order valence-electron chi connectivity index (χ0n) is 9.01. The summed E-state index contributed by atoms with van der Waals surface area (Å²) in [6, 6.07) is 4.41. The summed E-state index contributed by atoms with van der Waals surface area (Å²) in [7, 11) is -3.58. The molecule has 0 aliphatic rings. The molecule has 0 radical (unpaired) electrons. The first-order chi connectivity index (χ1) is 7.78. The summed E-state index contributed by atoms with van der Waals surface area (Å²) >= 11 is 0. The van der Waals surface area contributed by atoms with E-state index in [1.54, 1.807) is 0 Å². The number of benzene rings is 1. The maximum Gasteiger partial charge on any atom is 0.251 e. The van der Waals surface area contributed by atoms with Gasteiger partial charge in [-0.3, -0.25) is 4.79 Å². The topological polar surface area (TPSA) is 141 Å². The Hall–Kier alpha value is -1.80. The Morgan fingerprint density at radius 1 is 1.18 bits per heavy atom. The number of amides is 1. The Labute approximate surface area is 99.0 Å². The van der Waals surface area contributed by atoms with E-state index in [1.165, 1.54) is 18.2 Å². The van der Waals surface area contributed by atoms with E-state index in [2.05, 4.69) is 5.32 Å². The van der Waals surface area contributed by atoms with Gasteiger partial charge in [-0.2, -0.15) is 0 Å². The Morgan fingerprint density at radius 2 is 1.71 bits per heavy atom. The monoisotopic (exact) mass is 258 g/mol. The van der Waals surface area contributed by atoms with Crippen LogP contribution in [0, 0.1) is 0 Å². The summed E-state index contributed by atoms with van der Waals surface area (Å²) in [6.45, 7) is -0.0631. The number of hydrogen-bond acceptors (Lipinski definition) is 5. The summed E-state index contributed by atoms with van der Waals surface area (Å²) in [5.74, 6) is -0.774. The Morgan fingerprint density at radius 3 is 2.18 bits per heavy atom. The van der Waals surface area contributed by atoms with Crippen molar-refractivity contribution in [2.45, 2.75) is 0 Å². The SMILES string of the molecule is Nc1cc(N)cc(C(=O)NCCS(N)(=O)=O)c1. The van der Waals surface area contributed by atoms with E-state index in [0.717, 1.165) is 0 Å². The fraction of sp³-hybridized carbons (Fsp3) is 0.222. The van der Waals surface area contributed by atoms with Gasteiger partial charge in [-0.15, -0.1) is 0 Å². The molecule has 1 aromatic rings. The van der Waals surface area contributed by atoms with Crippen molar-refractivity contribution in [1.82, 2.24) is 5.32 Å². The third-order valence-corrected chi connectivity index (χ3v) is 2.69. The number of carbonyl (C=O) groups excluding carboxylic acids is 1. The minimum atomic E-state index is -3.58. The van der Waals surface area contributed by atoms with E-state index in [0.29, 0.717) is 11.4 Å². The van der Waals surface area contributed by atoms with Crippen molar-refractivity contribution < 1.29 is 13.2 Å². The van der Waals surface area contributed by atoms with Crippen LogP contribution in [0.4, 0.5) is 11.4 Å². The highest BCUT2D eigenvalue weighted by atomic mass is 32.2. The number of rotatable bonds is 4. The van der Waals surface area contributed by atoms with Gasteiger partial charge in [-0.05, 0) is 18.2 Å². The summed E-state index contributed by atoms with van der Waals surface area (Å²) in [5.41, 5.74) is 12.0. The van der Waals surface area contributed by atoms with E-state index in [4.69, 9.17) is 16.6 Å². The van der Waals surface area contributed by atoms with E-state index in [-0.39, 0.29) is 17.9 Å². The molecule has 0 saturated heterocycles. The highest BCUT2D eigenvalue weighted by molar-refractivity contribution is 7.89. The van der Waals surface area contributed by atoms with Gasteiger partial charge in [0.2, 0.25) is 10.0 Å². The predicted molar refractivity (Wildman–Crippen MR) is 65.6 cm³/mol. The summed E-state index contributed by atoms with van der Waals surface area (Å²) in [5, 5.41) is 7.19. The van der Waals surface area contributed by atoms with Crippen LogP contribution in [0.5, 0.6) is 0 Å². The third-order valence-electron chi connectivity index (χ3n) is 1.91. The van der Waals surface area contributed by atoms with Crippen LogP contribution in [-0.2, 0) is 10.0 Å². The van der Waals surface area contributed by atoms with Gasteiger partial charge in [-0.1, -0.05) is 0 Å². The molecule has 0 unspecified atom stereocenters. The second kappa shape index (κ2) is 5.02. The van der Waals surface area contributed by atoms with Gasteiger partial charge in [-0.25, -0.2) is 13.6 Å². The van der Waals surface area contributed by atoms with Gasteiger partial charge in [0.25, 0.3) is 5.91 Å². The fourth-order valence-corrected chi connectivity index (χ4v) is 1.60. The van der Waals surface area contributed by atoms with Crippen molar-refractivity contribution in [2.75, 3.05) is 23.8 Å². The van der Waals surface area contributed by atoms with E-state index in [9.17, 15) is 13.2 Å². The zero-order chi connectivity index (χ0) is 13.1. The van der Waals surface area contributed by atoms with Crippen LogP contribution < -0.4 is 21.9 Å². The minimum Gasteiger partial charge on any atom is -0.399 e. The molecular weight excluding hydrogens is 244 g/mol. The van der Waals surface area contributed by atoms with E-state index < -0.39 is 15.9 Å². The molecule has 7 N–H and O–H groups in total. The lowest BCUT2D eigenvalue weighted by Crippen LogP contribution is -2.31. The van der Waals surface area contributed by atoms with Crippen molar-refractivity contribution in [2.24, 2.45) is 5.14 Å². The van der Waals surface area contributed by atoms with E-state index in [1.807, 2.05) is 0 Å². The third kappa shape index (κ3) is 4.70. The molecule has 0 bridgehead atoms.